The van der Waals surface area contributed by atoms with Gasteiger partial charge in [-0.25, -0.2) is 12.7 Å². The van der Waals surface area contributed by atoms with Crippen molar-refractivity contribution in [1.29, 1.82) is 0 Å². The first-order valence-corrected chi connectivity index (χ1v) is 7.62. The van der Waals surface area contributed by atoms with E-state index >= 15 is 0 Å². The van der Waals surface area contributed by atoms with Gasteiger partial charge in [-0.1, -0.05) is 20.3 Å². The number of halogens is 1. The zero-order valence-electron chi connectivity index (χ0n) is 9.50. The number of alkyl halides is 1. The van der Waals surface area contributed by atoms with E-state index < -0.39 is 10.0 Å². The standard InChI is InChI=1S/C10H20ClNO2S/c1-3-10(2)4-7-12(8-5-10)15(13,14)9-6-11/h3-9H2,1-2H3. The summed E-state index contributed by atoms with van der Waals surface area (Å²) < 4.78 is 25.0. The molecule has 0 spiro atoms. The molecule has 1 heterocycles. The predicted molar refractivity (Wildman–Crippen MR) is 63.7 cm³/mol. The molecule has 5 heteroatoms. The largest absolute Gasteiger partial charge is 0.215 e. The molecule has 1 aliphatic heterocycles. The van der Waals surface area contributed by atoms with Gasteiger partial charge in [-0.15, -0.1) is 11.6 Å². The van der Waals surface area contributed by atoms with E-state index in [1.54, 1.807) is 4.31 Å². The van der Waals surface area contributed by atoms with E-state index in [0.717, 1.165) is 19.3 Å². The second-order valence-corrected chi connectivity index (χ2v) is 7.03. The van der Waals surface area contributed by atoms with E-state index in [1.807, 2.05) is 0 Å². The Hall–Kier alpha value is 0.200. The third-order valence-corrected chi connectivity index (χ3v) is 5.80. The van der Waals surface area contributed by atoms with Crippen molar-refractivity contribution in [1.82, 2.24) is 4.31 Å². The Morgan fingerprint density at radius 3 is 2.27 bits per heavy atom. The summed E-state index contributed by atoms with van der Waals surface area (Å²) in [5.41, 5.74) is 0.326. The van der Waals surface area contributed by atoms with E-state index in [-0.39, 0.29) is 11.6 Å². The predicted octanol–water partition coefficient (Wildman–Crippen LogP) is 2.07. The first-order valence-electron chi connectivity index (χ1n) is 5.47. The van der Waals surface area contributed by atoms with Crippen LogP contribution in [0, 0.1) is 5.41 Å². The Kier molecular flexibility index (Phi) is 4.44. The topological polar surface area (TPSA) is 37.4 Å². The maximum absolute atomic E-state index is 11.7. The fraction of sp³-hybridized carbons (Fsp3) is 1.00. The zero-order valence-corrected chi connectivity index (χ0v) is 11.1. The molecular weight excluding hydrogens is 234 g/mol. The third-order valence-electron chi connectivity index (χ3n) is 3.51. The van der Waals surface area contributed by atoms with Crippen LogP contribution >= 0.6 is 11.6 Å². The van der Waals surface area contributed by atoms with Crippen LogP contribution in [0.5, 0.6) is 0 Å². The van der Waals surface area contributed by atoms with Crippen molar-refractivity contribution in [3.8, 4) is 0 Å². The molecule has 0 amide bonds. The van der Waals surface area contributed by atoms with Gasteiger partial charge in [0.1, 0.15) is 0 Å². The lowest BCUT2D eigenvalue weighted by atomic mass is 9.79. The molecule has 0 saturated carbocycles. The van der Waals surface area contributed by atoms with Gasteiger partial charge < -0.3 is 0 Å². The number of hydrogen-bond acceptors (Lipinski definition) is 2. The zero-order chi connectivity index (χ0) is 11.5. The summed E-state index contributed by atoms with van der Waals surface area (Å²) in [6, 6.07) is 0. The molecule has 1 saturated heterocycles. The second-order valence-electron chi connectivity index (χ2n) is 4.57. The second kappa shape index (κ2) is 5.02. The summed E-state index contributed by atoms with van der Waals surface area (Å²) in [4.78, 5) is 0. The molecule has 0 aliphatic carbocycles. The molecule has 1 aliphatic rings. The molecule has 0 aromatic rings. The van der Waals surface area contributed by atoms with Crippen LogP contribution < -0.4 is 0 Å². The highest BCUT2D eigenvalue weighted by molar-refractivity contribution is 7.89. The Morgan fingerprint density at radius 1 is 1.33 bits per heavy atom. The molecule has 1 rings (SSSR count). The lowest BCUT2D eigenvalue weighted by molar-refractivity contribution is 0.169. The van der Waals surface area contributed by atoms with Crippen LogP contribution in [0.4, 0.5) is 0 Å². The maximum Gasteiger partial charge on any atom is 0.215 e. The summed E-state index contributed by atoms with van der Waals surface area (Å²) in [7, 11) is -3.09. The van der Waals surface area contributed by atoms with Gasteiger partial charge >= 0.3 is 0 Å². The highest BCUT2D eigenvalue weighted by Crippen LogP contribution is 2.34. The molecular formula is C10H20ClNO2S. The van der Waals surface area contributed by atoms with Crippen molar-refractivity contribution in [2.24, 2.45) is 5.41 Å². The van der Waals surface area contributed by atoms with Gasteiger partial charge in [0.15, 0.2) is 0 Å². The molecule has 3 nitrogen and oxygen atoms in total. The summed E-state index contributed by atoms with van der Waals surface area (Å²) in [6.07, 6.45) is 3.05. The van der Waals surface area contributed by atoms with Crippen molar-refractivity contribution < 1.29 is 8.42 Å². The number of rotatable bonds is 4. The molecule has 0 aromatic carbocycles. The van der Waals surface area contributed by atoms with Crippen LogP contribution in [0.3, 0.4) is 0 Å². The van der Waals surface area contributed by atoms with Crippen molar-refractivity contribution in [2.75, 3.05) is 24.7 Å². The number of nitrogens with zero attached hydrogens (tertiary/aromatic N) is 1. The van der Waals surface area contributed by atoms with Gasteiger partial charge in [-0.05, 0) is 18.3 Å². The smallest absolute Gasteiger partial charge is 0.212 e. The minimum Gasteiger partial charge on any atom is -0.212 e. The van der Waals surface area contributed by atoms with Crippen molar-refractivity contribution in [3.05, 3.63) is 0 Å². The molecule has 15 heavy (non-hydrogen) atoms. The summed E-state index contributed by atoms with van der Waals surface area (Å²) in [6.45, 7) is 5.72. The van der Waals surface area contributed by atoms with Crippen molar-refractivity contribution in [2.45, 2.75) is 33.1 Å². The van der Waals surface area contributed by atoms with Gasteiger partial charge in [0.25, 0.3) is 0 Å². The highest BCUT2D eigenvalue weighted by atomic mass is 35.5. The summed E-state index contributed by atoms with van der Waals surface area (Å²) in [5, 5.41) is 0. The first-order chi connectivity index (χ1) is 6.93. The first kappa shape index (κ1) is 13.3. The van der Waals surface area contributed by atoms with Gasteiger partial charge in [0, 0.05) is 19.0 Å². The van der Waals surface area contributed by atoms with Gasteiger partial charge in [0.2, 0.25) is 10.0 Å². The molecule has 0 atom stereocenters. The van der Waals surface area contributed by atoms with Gasteiger partial charge in [0.05, 0.1) is 5.75 Å². The van der Waals surface area contributed by atoms with E-state index in [4.69, 9.17) is 11.6 Å². The van der Waals surface area contributed by atoms with Gasteiger partial charge in [-0.2, -0.15) is 0 Å². The Morgan fingerprint density at radius 2 is 1.87 bits per heavy atom. The van der Waals surface area contributed by atoms with Crippen molar-refractivity contribution >= 4 is 21.6 Å². The number of hydrogen-bond donors (Lipinski definition) is 0. The lowest BCUT2D eigenvalue weighted by Crippen LogP contribution is -2.43. The SMILES string of the molecule is CCC1(C)CCN(S(=O)(=O)CCCl)CC1. The number of sulfonamides is 1. The fourth-order valence-corrected chi connectivity index (χ4v) is 3.66. The van der Waals surface area contributed by atoms with E-state index in [0.29, 0.717) is 18.5 Å². The minimum atomic E-state index is -3.09. The Bertz CT molecular complexity index is 295. The number of piperidine rings is 1. The van der Waals surface area contributed by atoms with E-state index in [1.165, 1.54) is 0 Å². The normalized spacial score (nSPS) is 22.9. The van der Waals surface area contributed by atoms with Crippen LogP contribution in [0.2, 0.25) is 0 Å². The monoisotopic (exact) mass is 253 g/mol. The lowest BCUT2D eigenvalue weighted by Gasteiger charge is -2.38. The van der Waals surface area contributed by atoms with Crippen molar-refractivity contribution in [3.63, 3.8) is 0 Å². The van der Waals surface area contributed by atoms with Gasteiger partial charge in [-0.3, -0.25) is 0 Å². The van der Waals surface area contributed by atoms with E-state index in [9.17, 15) is 8.42 Å². The average Bonchev–Trinajstić information content (AvgIpc) is 2.18. The molecule has 0 radical (unpaired) electrons. The Balaban J connectivity index is 2.58. The van der Waals surface area contributed by atoms with Crippen LogP contribution in [-0.2, 0) is 10.0 Å². The molecule has 0 N–H and O–H groups in total. The molecule has 0 aromatic heterocycles. The fourth-order valence-electron chi connectivity index (χ4n) is 1.88. The van der Waals surface area contributed by atoms with Crippen LogP contribution in [-0.4, -0.2) is 37.4 Å². The van der Waals surface area contributed by atoms with Crippen LogP contribution in [0.15, 0.2) is 0 Å². The van der Waals surface area contributed by atoms with Crippen LogP contribution in [0.25, 0.3) is 0 Å². The maximum atomic E-state index is 11.7. The van der Waals surface area contributed by atoms with E-state index in [2.05, 4.69) is 13.8 Å². The quantitative estimate of drug-likeness (QED) is 0.720. The molecule has 0 unspecified atom stereocenters. The minimum absolute atomic E-state index is 0.0669. The molecule has 0 bridgehead atoms. The molecule has 90 valence electrons. The summed E-state index contributed by atoms with van der Waals surface area (Å²) in [5.74, 6) is 0.251. The summed E-state index contributed by atoms with van der Waals surface area (Å²) >= 11 is 5.48. The van der Waals surface area contributed by atoms with Crippen LogP contribution in [0.1, 0.15) is 33.1 Å². The Labute approximate surface area is 97.8 Å². The average molecular weight is 254 g/mol. The molecule has 1 fully saturated rings. The highest BCUT2D eigenvalue weighted by Gasteiger charge is 2.32. The third kappa shape index (κ3) is 3.33.